The van der Waals surface area contributed by atoms with Gasteiger partial charge in [-0.3, -0.25) is 0 Å². The van der Waals surface area contributed by atoms with Gasteiger partial charge in [-0.25, -0.2) is 9.97 Å². The maximum absolute atomic E-state index is 6.47. The molecule has 5 aliphatic rings. The van der Waals surface area contributed by atoms with E-state index in [1.54, 1.807) is 6.33 Å². The molecule has 28 heavy (non-hydrogen) atoms. The van der Waals surface area contributed by atoms with Crippen molar-refractivity contribution in [2.24, 2.45) is 17.8 Å². The van der Waals surface area contributed by atoms with Gasteiger partial charge in [-0.2, -0.15) is 0 Å². The predicted octanol–water partition coefficient (Wildman–Crippen LogP) is 3.91. The first kappa shape index (κ1) is 16.3. The van der Waals surface area contributed by atoms with Gasteiger partial charge in [-0.1, -0.05) is 0 Å². The minimum absolute atomic E-state index is 0.160. The predicted molar refractivity (Wildman–Crippen MR) is 107 cm³/mol. The highest BCUT2D eigenvalue weighted by molar-refractivity contribution is 5.78. The first-order valence-corrected chi connectivity index (χ1v) is 10.2. The van der Waals surface area contributed by atoms with Crippen LogP contribution in [0.4, 0.5) is 23.0 Å². The van der Waals surface area contributed by atoms with Crippen molar-refractivity contribution in [3.8, 4) is 11.5 Å². The van der Waals surface area contributed by atoms with Crippen LogP contribution in [0, 0.1) is 17.8 Å². The van der Waals surface area contributed by atoms with E-state index in [4.69, 9.17) is 15.2 Å². The van der Waals surface area contributed by atoms with E-state index in [1.807, 2.05) is 18.2 Å². The van der Waals surface area contributed by atoms with Crippen LogP contribution in [0.15, 0.2) is 24.5 Å². The third-order valence-electron chi connectivity index (χ3n) is 6.94. The summed E-state index contributed by atoms with van der Waals surface area (Å²) in [5, 5.41) is 7.06. The van der Waals surface area contributed by atoms with E-state index >= 15 is 0 Å². The minimum Gasteiger partial charge on any atom is -0.454 e. The molecule has 7 rings (SSSR count). The van der Waals surface area contributed by atoms with Crippen molar-refractivity contribution >= 4 is 23.0 Å². The lowest BCUT2D eigenvalue weighted by Gasteiger charge is -2.57. The van der Waals surface area contributed by atoms with Crippen LogP contribution < -0.4 is 25.8 Å². The van der Waals surface area contributed by atoms with Crippen molar-refractivity contribution in [1.29, 1.82) is 0 Å². The molecule has 0 radical (unpaired) electrons. The van der Waals surface area contributed by atoms with Crippen molar-refractivity contribution < 1.29 is 9.47 Å². The van der Waals surface area contributed by atoms with Gasteiger partial charge in [0, 0.05) is 17.3 Å². The molecule has 4 fully saturated rings. The molecule has 7 heteroatoms. The van der Waals surface area contributed by atoms with Crippen LogP contribution in [0.5, 0.6) is 11.5 Å². The Morgan fingerprint density at radius 2 is 1.61 bits per heavy atom. The summed E-state index contributed by atoms with van der Waals surface area (Å²) in [6, 6.07) is 5.72. The largest absolute Gasteiger partial charge is 0.454 e. The van der Waals surface area contributed by atoms with E-state index in [2.05, 4.69) is 20.6 Å². The number of aromatic nitrogens is 2. The highest BCUT2D eigenvalue weighted by atomic mass is 16.7. The van der Waals surface area contributed by atoms with Gasteiger partial charge in [-0.05, 0) is 68.4 Å². The number of benzene rings is 1. The summed E-state index contributed by atoms with van der Waals surface area (Å²) in [5.74, 6) is 5.45. The number of anilines is 4. The molecule has 0 atom stereocenters. The van der Waals surface area contributed by atoms with Crippen molar-refractivity contribution in [3.63, 3.8) is 0 Å². The first-order valence-electron chi connectivity index (χ1n) is 10.2. The number of nitrogen functional groups attached to an aromatic ring is 1. The molecular formula is C21H25N5O2. The quantitative estimate of drug-likeness (QED) is 0.741. The van der Waals surface area contributed by atoms with Crippen LogP contribution in [0.1, 0.15) is 38.5 Å². The molecule has 0 saturated heterocycles. The van der Waals surface area contributed by atoms with Crippen LogP contribution in [0.25, 0.3) is 0 Å². The summed E-state index contributed by atoms with van der Waals surface area (Å²) in [5.41, 5.74) is 8.05. The average Bonchev–Trinajstić information content (AvgIpc) is 3.11. The highest BCUT2D eigenvalue weighted by Crippen LogP contribution is 2.56. The average molecular weight is 379 g/mol. The second kappa shape index (κ2) is 5.90. The molecule has 2 heterocycles. The van der Waals surface area contributed by atoms with Gasteiger partial charge >= 0.3 is 0 Å². The summed E-state index contributed by atoms with van der Waals surface area (Å²) in [6.45, 7) is 0.258. The maximum Gasteiger partial charge on any atom is 0.231 e. The molecule has 4 aliphatic carbocycles. The Bertz CT molecular complexity index is 896. The number of fused-ring (bicyclic) bond motifs is 1. The van der Waals surface area contributed by atoms with E-state index in [1.165, 1.54) is 38.5 Å². The van der Waals surface area contributed by atoms with Crippen molar-refractivity contribution in [3.05, 3.63) is 24.5 Å². The SMILES string of the molecule is Nc1c(Nc2ccc3c(c2)OCO3)ncnc1NC12CC3CC(CC(C3)C1)C2. The van der Waals surface area contributed by atoms with Crippen LogP contribution in [0.3, 0.4) is 0 Å². The van der Waals surface area contributed by atoms with Crippen molar-refractivity contribution in [2.45, 2.75) is 44.1 Å². The van der Waals surface area contributed by atoms with Gasteiger partial charge in [0.1, 0.15) is 12.0 Å². The van der Waals surface area contributed by atoms with Gasteiger partial charge in [-0.15, -0.1) is 0 Å². The Kier molecular flexibility index (Phi) is 3.43. The zero-order valence-corrected chi connectivity index (χ0v) is 15.8. The van der Waals surface area contributed by atoms with E-state index < -0.39 is 0 Å². The molecule has 4 N–H and O–H groups in total. The molecule has 4 bridgehead atoms. The zero-order chi connectivity index (χ0) is 18.7. The number of nitrogens with two attached hydrogens (primary N) is 1. The number of hydrogen-bond acceptors (Lipinski definition) is 7. The lowest BCUT2D eigenvalue weighted by atomic mass is 9.53. The number of hydrogen-bond donors (Lipinski definition) is 3. The Balaban J connectivity index is 1.26. The van der Waals surface area contributed by atoms with Gasteiger partial charge in [0.15, 0.2) is 23.1 Å². The Hall–Kier alpha value is -2.70. The third kappa shape index (κ3) is 2.64. The molecule has 0 amide bonds. The molecule has 0 unspecified atom stereocenters. The number of rotatable bonds is 4. The molecule has 1 aromatic heterocycles. The van der Waals surface area contributed by atoms with Crippen molar-refractivity contribution in [1.82, 2.24) is 9.97 Å². The molecule has 0 spiro atoms. The smallest absolute Gasteiger partial charge is 0.231 e. The second-order valence-corrected chi connectivity index (χ2v) is 9.00. The minimum atomic E-state index is 0.160. The van der Waals surface area contributed by atoms with Crippen molar-refractivity contribution in [2.75, 3.05) is 23.2 Å². The lowest BCUT2D eigenvalue weighted by molar-refractivity contribution is 0.0106. The topological polar surface area (TPSA) is 94.3 Å². The third-order valence-corrected chi connectivity index (χ3v) is 6.94. The fourth-order valence-electron chi connectivity index (χ4n) is 6.22. The molecule has 146 valence electrons. The number of ether oxygens (including phenoxy) is 2. The van der Waals surface area contributed by atoms with Crippen LogP contribution in [-0.4, -0.2) is 22.3 Å². The number of nitrogens with one attached hydrogen (secondary N) is 2. The summed E-state index contributed by atoms with van der Waals surface area (Å²) >= 11 is 0. The van der Waals surface area contributed by atoms with Gasteiger partial charge in [0.05, 0.1) is 0 Å². The molecule has 4 saturated carbocycles. The van der Waals surface area contributed by atoms with E-state index in [-0.39, 0.29) is 12.3 Å². The summed E-state index contributed by atoms with van der Waals surface area (Å²) in [6.07, 6.45) is 9.55. The molecule has 1 aliphatic heterocycles. The monoisotopic (exact) mass is 379 g/mol. The molecule has 1 aromatic carbocycles. The highest BCUT2D eigenvalue weighted by Gasteiger charge is 2.51. The Morgan fingerprint density at radius 3 is 2.36 bits per heavy atom. The van der Waals surface area contributed by atoms with Gasteiger partial charge in [0.25, 0.3) is 0 Å². The summed E-state index contributed by atoms with van der Waals surface area (Å²) < 4.78 is 10.8. The first-order chi connectivity index (χ1) is 13.7. The zero-order valence-electron chi connectivity index (χ0n) is 15.8. The van der Waals surface area contributed by atoms with Gasteiger partial charge in [0.2, 0.25) is 6.79 Å². The van der Waals surface area contributed by atoms with E-state index in [0.29, 0.717) is 11.5 Å². The Labute approximate surface area is 164 Å². The summed E-state index contributed by atoms with van der Waals surface area (Å²) in [7, 11) is 0. The van der Waals surface area contributed by atoms with Crippen LogP contribution in [-0.2, 0) is 0 Å². The fourth-order valence-corrected chi connectivity index (χ4v) is 6.22. The number of nitrogens with zero attached hydrogens (tertiary/aromatic N) is 2. The lowest BCUT2D eigenvalue weighted by Crippen LogP contribution is -2.55. The molecular weight excluding hydrogens is 354 g/mol. The normalized spacial score (nSPS) is 31.8. The molecule has 2 aromatic rings. The molecule has 7 nitrogen and oxygen atoms in total. The van der Waals surface area contributed by atoms with E-state index in [0.717, 1.165) is 40.8 Å². The standard InChI is InChI=1S/C21H25N5O2/c22-18-19(25-15-1-2-16-17(6-15)28-11-27-16)23-10-24-20(18)26-21-7-12-3-13(8-21)5-14(4-12)9-21/h1-2,6,10,12-14H,3-5,7-9,11,22H2,(H2,23,24,25,26). The fraction of sp³-hybridized carbons (Fsp3) is 0.524. The van der Waals surface area contributed by atoms with Gasteiger partial charge < -0.3 is 25.8 Å². The Morgan fingerprint density at radius 1 is 0.929 bits per heavy atom. The second-order valence-electron chi connectivity index (χ2n) is 9.00. The van der Waals surface area contributed by atoms with Crippen LogP contribution in [0.2, 0.25) is 0 Å². The van der Waals surface area contributed by atoms with Crippen LogP contribution >= 0.6 is 0 Å². The van der Waals surface area contributed by atoms with E-state index in [9.17, 15) is 0 Å². The summed E-state index contributed by atoms with van der Waals surface area (Å²) in [4.78, 5) is 8.85. The maximum atomic E-state index is 6.47.